The summed E-state index contributed by atoms with van der Waals surface area (Å²) in [5.74, 6) is -1.08. The fourth-order valence-corrected chi connectivity index (χ4v) is 4.07. The molecule has 1 fully saturated rings. The van der Waals surface area contributed by atoms with Crippen molar-refractivity contribution in [2.75, 3.05) is 6.54 Å². The van der Waals surface area contributed by atoms with Crippen LogP contribution in [0.1, 0.15) is 37.0 Å². The zero-order chi connectivity index (χ0) is 22.8. The first-order valence-electron chi connectivity index (χ1n) is 10.6. The van der Waals surface area contributed by atoms with Crippen molar-refractivity contribution >= 4 is 34.3 Å². The molecule has 2 aromatic carbocycles. The number of hydrogen-bond donors (Lipinski definition) is 2. The second kappa shape index (κ2) is 9.30. The van der Waals surface area contributed by atoms with Crippen LogP contribution in [0.2, 0.25) is 5.02 Å². The van der Waals surface area contributed by atoms with Crippen molar-refractivity contribution in [3.05, 3.63) is 70.6 Å². The van der Waals surface area contributed by atoms with Crippen molar-refractivity contribution in [3.8, 4) is 0 Å². The van der Waals surface area contributed by atoms with Crippen LogP contribution in [0.15, 0.2) is 48.7 Å². The van der Waals surface area contributed by atoms with Crippen LogP contribution in [0.5, 0.6) is 0 Å². The summed E-state index contributed by atoms with van der Waals surface area (Å²) >= 11 is 5.79. The van der Waals surface area contributed by atoms with Gasteiger partial charge in [0, 0.05) is 40.8 Å². The number of nitrogens with zero attached hydrogens (tertiary/aromatic N) is 2. The molecule has 3 aromatic rings. The number of halogens is 2. The molecule has 1 atom stereocenters. The van der Waals surface area contributed by atoms with Gasteiger partial charge in [0.05, 0.1) is 17.7 Å². The third-order valence-electron chi connectivity index (χ3n) is 5.70. The molecule has 32 heavy (non-hydrogen) atoms. The van der Waals surface area contributed by atoms with Crippen molar-refractivity contribution in [1.29, 1.82) is 0 Å². The summed E-state index contributed by atoms with van der Waals surface area (Å²) in [7, 11) is 0. The van der Waals surface area contributed by atoms with Crippen LogP contribution in [0.25, 0.3) is 10.9 Å². The number of carbonyl (C=O) groups is 2. The van der Waals surface area contributed by atoms with Gasteiger partial charge in [-0.15, -0.1) is 0 Å². The normalized spacial score (nSPS) is 14.4. The Morgan fingerprint density at radius 3 is 2.72 bits per heavy atom. The highest BCUT2D eigenvalue weighted by Gasteiger charge is 2.34. The molecule has 4 rings (SSSR count). The summed E-state index contributed by atoms with van der Waals surface area (Å²) in [5, 5.41) is 13.7. The molecule has 1 saturated carbocycles. The number of rotatable bonds is 8. The summed E-state index contributed by atoms with van der Waals surface area (Å²) in [6.07, 6.45) is 2.84. The lowest BCUT2D eigenvalue weighted by molar-refractivity contribution is -0.137. The zero-order valence-corrected chi connectivity index (χ0v) is 18.5. The summed E-state index contributed by atoms with van der Waals surface area (Å²) in [6.45, 7) is 1.67. The first kappa shape index (κ1) is 22.3. The van der Waals surface area contributed by atoms with E-state index in [0.29, 0.717) is 5.56 Å². The molecule has 1 unspecified atom stereocenters. The maximum absolute atomic E-state index is 14.0. The molecule has 0 aliphatic heterocycles. The van der Waals surface area contributed by atoms with Gasteiger partial charge < -0.3 is 19.9 Å². The number of nitrogens with one attached hydrogen (secondary N) is 1. The van der Waals surface area contributed by atoms with Gasteiger partial charge in [-0.3, -0.25) is 9.59 Å². The minimum atomic E-state index is -0.659. The third kappa shape index (κ3) is 4.79. The highest BCUT2D eigenvalue weighted by atomic mass is 35.5. The van der Waals surface area contributed by atoms with E-state index in [2.05, 4.69) is 5.32 Å². The highest BCUT2D eigenvalue weighted by Crippen LogP contribution is 2.29. The van der Waals surface area contributed by atoms with E-state index in [1.165, 1.54) is 6.07 Å². The van der Waals surface area contributed by atoms with Crippen LogP contribution >= 0.6 is 11.6 Å². The monoisotopic (exact) mass is 457 g/mol. The summed E-state index contributed by atoms with van der Waals surface area (Å²) in [4.78, 5) is 27.2. The SMILES string of the molecule is CC(O)c1cn(CC(=O)N(CC(=O)NCc2cccc(Cl)c2F)C2CC2)c2ccccc12. The molecule has 8 heteroatoms. The molecule has 1 aliphatic rings. The lowest BCUT2D eigenvalue weighted by Crippen LogP contribution is -2.43. The Balaban J connectivity index is 1.44. The standard InChI is InChI=1S/C24H25ClFN3O3/c1-15(30)19-12-28(21-8-3-2-6-18(19)21)14-23(32)29(17-9-10-17)13-22(31)27-11-16-5-4-7-20(25)24(16)26/h2-8,12,15,17,30H,9-11,13-14H2,1H3,(H,27,31). The number of amides is 2. The molecular formula is C24H25ClFN3O3. The predicted molar refractivity (Wildman–Crippen MR) is 121 cm³/mol. The average molecular weight is 458 g/mol. The number of aliphatic hydroxyl groups is 1. The second-order valence-electron chi connectivity index (χ2n) is 8.15. The van der Waals surface area contributed by atoms with Gasteiger partial charge in [0.15, 0.2) is 0 Å². The van der Waals surface area contributed by atoms with Gasteiger partial charge in [-0.1, -0.05) is 41.9 Å². The van der Waals surface area contributed by atoms with Crippen LogP contribution in [0.3, 0.4) is 0 Å². The summed E-state index contributed by atoms with van der Waals surface area (Å²) < 4.78 is 15.9. The van der Waals surface area contributed by atoms with E-state index >= 15 is 0 Å². The van der Waals surface area contributed by atoms with E-state index in [0.717, 1.165) is 29.3 Å². The van der Waals surface area contributed by atoms with Crippen LogP contribution in [0, 0.1) is 5.82 Å². The van der Waals surface area contributed by atoms with Crippen molar-refractivity contribution in [2.45, 2.75) is 45.0 Å². The molecule has 168 valence electrons. The molecule has 0 bridgehead atoms. The van der Waals surface area contributed by atoms with Gasteiger partial charge in [0.1, 0.15) is 12.4 Å². The number of carbonyl (C=O) groups excluding carboxylic acids is 2. The maximum Gasteiger partial charge on any atom is 0.243 e. The molecule has 0 saturated heterocycles. The molecule has 1 heterocycles. The van der Waals surface area contributed by atoms with E-state index in [-0.39, 0.29) is 42.5 Å². The Hall–Kier alpha value is -2.90. The van der Waals surface area contributed by atoms with E-state index in [1.807, 2.05) is 28.8 Å². The van der Waals surface area contributed by atoms with Gasteiger partial charge in [-0.05, 0) is 31.9 Å². The highest BCUT2D eigenvalue weighted by molar-refractivity contribution is 6.30. The van der Waals surface area contributed by atoms with Gasteiger partial charge in [-0.25, -0.2) is 4.39 Å². The van der Waals surface area contributed by atoms with Gasteiger partial charge in [0.25, 0.3) is 0 Å². The van der Waals surface area contributed by atoms with E-state index < -0.39 is 11.9 Å². The molecule has 0 spiro atoms. The van der Waals surface area contributed by atoms with E-state index in [1.54, 1.807) is 30.2 Å². The molecule has 2 amide bonds. The van der Waals surface area contributed by atoms with Crippen molar-refractivity contribution < 1.29 is 19.1 Å². The number of hydrogen-bond acceptors (Lipinski definition) is 3. The molecule has 1 aliphatic carbocycles. The number of aromatic nitrogens is 1. The quantitative estimate of drug-likeness (QED) is 0.540. The lowest BCUT2D eigenvalue weighted by atomic mass is 10.1. The zero-order valence-electron chi connectivity index (χ0n) is 17.7. The first-order chi connectivity index (χ1) is 15.3. The molecule has 6 nitrogen and oxygen atoms in total. The van der Waals surface area contributed by atoms with Crippen LogP contribution in [0.4, 0.5) is 4.39 Å². The smallest absolute Gasteiger partial charge is 0.243 e. The fraction of sp³-hybridized carbons (Fsp3) is 0.333. The second-order valence-corrected chi connectivity index (χ2v) is 8.56. The van der Waals surface area contributed by atoms with Gasteiger partial charge in [-0.2, -0.15) is 0 Å². The van der Waals surface area contributed by atoms with Crippen LogP contribution in [-0.4, -0.2) is 39.0 Å². The fourth-order valence-electron chi connectivity index (χ4n) is 3.87. The van der Waals surface area contributed by atoms with Crippen LogP contribution < -0.4 is 5.32 Å². The summed E-state index contributed by atoms with van der Waals surface area (Å²) in [6, 6.07) is 12.3. The predicted octanol–water partition coefficient (Wildman–Crippen LogP) is 3.79. The van der Waals surface area contributed by atoms with Crippen LogP contribution in [-0.2, 0) is 22.7 Å². The number of benzene rings is 2. The Bertz CT molecular complexity index is 1160. The lowest BCUT2D eigenvalue weighted by Gasteiger charge is -2.22. The molecule has 0 radical (unpaired) electrons. The van der Waals surface area contributed by atoms with Crippen molar-refractivity contribution in [2.24, 2.45) is 0 Å². The molecule has 1 aromatic heterocycles. The number of fused-ring (bicyclic) bond motifs is 1. The summed E-state index contributed by atoms with van der Waals surface area (Å²) in [5.41, 5.74) is 1.90. The average Bonchev–Trinajstić information content (AvgIpc) is 3.54. The molecule has 2 N–H and O–H groups in total. The Kier molecular flexibility index (Phi) is 6.48. The maximum atomic E-state index is 14.0. The van der Waals surface area contributed by atoms with Gasteiger partial charge >= 0.3 is 0 Å². The Morgan fingerprint density at radius 2 is 2.00 bits per heavy atom. The third-order valence-corrected chi connectivity index (χ3v) is 6.00. The number of para-hydroxylation sites is 1. The van der Waals surface area contributed by atoms with Crippen molar-refractivity contribution in [3.63, 3.8) is 0 Å². The largest absolute Gasteiger partial charge is 0.389 e. The minimum absolute atomic E-state index is 0.00190. The Morgan fingerprint density at radius 1 is 1.25 bits per heavy atom. The first-order valence-corrected chi connectivity index (χ1v) is 11.0. The Labute approximate surface area is 190 Å². The van der Waals surface area contributed by atoms with Gasteiger partial charge in [0.2, 0.25) is 11.8 Å². The van der Waals surface area contributed by atoms with E-state index in [4.69, 9.17) is 11.6 Å². The van der Waals surface area contributed by atoms with Crippen molar-refractivity contribution in [1.82, 2.24) is 14.8 Å². The number of aliphatic hydroxyl groups excluding tert-OH is 1. The van der Waals surface area contributed by atoms with E-state index in [9.17, 15) is 19.1 Å². The minimum Gasteiger partial charge on any atom is -0.389 e. The topological polar surface area (TPSA) is 74.6 Å². The molecular weight excluding hydrogens is 433 g/mol.